The third kappa shape index (κ3) is 1.98. The van der Waals surface area contributed by atoms with Gasteiger partial charge in [0.15, 0.2) is 0 Å². The average molecular weight is 224 g/mol. The molecule has 0 heterocycles. The maximum absolute atomic E-state index is 10.1. The molecule has 0 bridgehead atoms. The van der Waals surface area contributed by atoms with Crippen LogP contribution in [0.1, 0.15) is 30.1 Å². The second kappa shape index (κ2) is 4.34. The lowest BCUT2D eigenvalue weighted by molar-refractivity contribution is 0.227. The number of aliphatic hydroxyl groups excluding tert-OH is 1. The molecule has 1 atom stereocenters. The molecule has 2 aliphatic carbocycles. The van der Waals surface area contributed by atoms with Crippen molar-refractivity contribution < 1.29 is 5.11 Å². The van der Waals surface area contributed by atoms with E-state index in [4.69, 9.17) is 0 Å². The van der Waals surface area contributed by atoms with E-state index in [2.05, 4.69) is 30.4 Å². The summed E-state index contributed by atoms with van der Waals surface area (Å²) in [6, 6.07) is 8.19. The van der Waals surface area contributed by atoms with Gasteiger partial charge < -0.3 is 5.11 Å². The van der Waals surface area contributed by atoms with E-state index in [0.717, 1.165) is 24.8 Å². The molecule has 0 radical (unpaired) electrons. The summed E-state index contributed by atoms with van der Waals surface area (Å²) < 4.78 is 0. The van der Waals surface area contributed by atoms with Gasteiger partial charge >= 0.3 is 0 Å². The van der Waals surface area contributed by atoms with Crippen LogP contribution in [-0.2, 0) is 6.42 Å². The van der Waals surface area contributed by atoms with Gasteiger partial charge in [-0.1, -0.05) is 54.1 Å². The fourth-order valence-corrected chi connectivity index (χ4v) is 2.61. The van der Waals surface area contributed by atoms with Crippen LogP contribution in [0.25, 0.3) is 0 Å². The minimum Gasteiger partial charge on any atom is -0.384 e. The number of rotatable bonds is 0. The second-order valence-electron chi connectivity index (χ2n) is 4.68. The summed E-state index contributed by atoms with van der Waals surface area (Å²) in [7, 11) is 0. The van der Waals surface area contributed by atoms with Crippen molar-refractivity contribution >= 4 is 0 Å². The zero-order valence-electron chi connectivity index (χ0n) is 9.76. The van der Waals surface area contributed by atoms with Crippen LogP contribution in [0.5, 0.6) is 0 Å². The van der Waals surface area contributed by atoms with Crippen molar-refractivity contribution in [3.63, 3.8) is 0 Å². The van der Waals surface area contributed by atoms with Crippen molar-refractivity contribution in [3.05, 3.63) is 70.8 Å². The first-order valence-electron chi connectivity index (χ1n) is 6.17. The van der Waals surface area contributed by atoms with E-state index in [9.17, 15) is 5.11 Å². The Kier molecular flexibility index (Phi) is 2.69. The lowest BCUT2D eigenvalue weighted by Crippen LogP contribution is -2.06. The maximum Gasteiger partial charge on any atom is 0.0977 e. The van der Waals surface area contributed by atoms with Crippen LogP contribution in [-0.4, -0.2) is 5.11 Å². The predicted octanol–water partition coefficient (Wildman–Crippen LogP) is 3.48. The summed E-state index contributed by atoms with van der Waals surface area (Å²) >= 11 is 0. The van der Waals surface area contributed by atoms with Gasteiger partial charge in [0, 0.05) is 0 Å². The highest BCUT2D eigenvalue weighted by Gasteiger charge is 2.15. The normalized spacial score (nSPS) is 24.6. The van der Waals surface area contributed by atoms with E-state index in [0.29, 0.717) is 0 Å². The summed E-state index contributed by atoms with van der Waals surface area (Å²) in [5, 5.41) is 10.1. The summed E-state index contributed by atoms with van der Waals surface area (Å²) in [6.45, 7) is 0. The highest BCUT2D eigenvalue weighted by Crippen LogP contribution is 2.30. The smallest absolute Gasteiger partial charge is 0.0977 e. The Labute approximate surface area is 102 Å². The third-order valence-electron chi connectivity index (χ3n) is 3.55. The van der Waals surface area contributed by atoms with Gasteiger partial charge in [-0.3, -0.25) is 0 Å². The quantitative estimate of drug-likeness (QED) is 0.715. The third-order valence-corrected chi connectivity index (χ3v) is 3.55. The van der Waals surface area contributed by atoms with E-state index in [1.807, 2.05) is 18.2 Å². The fraction of sp³-hybridized carbons (Fsp3) is 0.250. The van der Waals surface area contributed by atoms with E-state index in [1.54, 1.807) is 0 Å². The minimum absolute atomic E-state index is 0.476. The van der Waals surface area contributed by atoms with Crippen LogP contribution in [0.3, 0.4) is 0 Å². The van der Waals surface area contributed by atoms with Gasteiger partial charge in [0.05, 0.1) is 6.10 Å². The molecule has 17 heavy (non-hydrogen) atoms. The van der Waals surface area contributed by atoms with E-state index in [1.165, 1.54) is 16.7 Å². The first-order valence-corrected chi connectivity index (χ1v) is 6.17. The Bertz CT molecular complexity index is 520. The standard InChI is InChI=1S/C16H16O/c17-16-10-9-12-5-1-2-6-13(12)11-14-7-3-4-8-15(14)16/h1,3-5,7-10,16-17H,2,6,11H2/b10-9-. The van der Waals surface area contributed by atoms with Gasteiger partial charge in [0.1, 0.15) is 0 Å². The molecule has 1 N–H and O–H groups in total. The first kappa shape index (κ1) is 10.5. The van der Waals surface area contributed by atoms with Crippen molar-refractivity contribution in [1.82, 2.24) is 0 Å². The van der Waals surface area contributed by atoms with Gasteiger partial charge in [-0.15, -0.1) is 0 Å². The minimum atomic E-state index is -0.476. The molecule has 1 nitrogen and oxygen atoms in total. The number of hydrogen-bond donors (Lipinski definition) is 1. The lowest BCUT2D eigenvalue weighted by Gasteiger charge is -2.20. The van der Waals surface area contributed by atoms with Crippen LogP contribution in [0.4, 0.5) is 0 Å². The van der Waals surface area contributed by atoms with Gasteiger partial charge in [-0.2, -0.15) is 0 Å². The van der Waals surface area contributed by atoms with E-state index < -0.39 is 6.10 Å². The molecule has 0 amide bonds. The Morgan fingerprint density at radius 3 is 2.94 bits per heavy atom. The molecule has 1 heteroatoms. The molecule has 2 aliphatic rings. The van der Waals surface area contributed by atoms with Crippen molar-refractivity contribution in [2.24, 2.45) is 0 Å². The van der Waals surface area contributed by atoms with Gasteiger partial charge in [0.25, 0.3) is 0 Å². The summed E-state index contributed by atoms with van der Waals surface area (Å²) in [6.07, 6.45) is 11.1. The Hall–Kier alpha value is -1.60. The average Bonchev–Trinajstić information content (AvgIpc) is 2.36. The second-order valence-corrected chi connectivity index (χ2v) is 4.68. The number of hydrogen-bond acceptors (Lipinski definition) is 1. The van der Waals surface area contributed by atoms with Crippen LogP contribution < -0.4 is 0 Å². The van der Waals surface area contributed by atoms with Gasteiger partial charge in [-0.05, 0) is 36.0 Å². The number of benzene rings is 1. The van der Waals surface area contributed by atoms with E-state index in [-0.39, 0.29) is 0 Å². The zero-order valence-corrected chi connectivity index (χ0v) is 9.76. The molecule has 3 rings (SSSR count). The van der Waals surface area contributed by atoms with Crippen molar-refractivity contribution in [3.8, 4) is 0 Å². The molecular formula is C16H16O. The van der Waals surface area contributed by atoms with Crippen molar-refractivity contribution in [2.75, 3.05) is 0 Å². The Morgan fingerprint density at radius 1 is 1.12 bits per heavy atom. The molecule has 1 aromatic rings. The van der Waals surface area contributed by atoms with Crippen LogP contribution >= 0.6 is 0 Å². The largest absolute Gasteiger partial charge is 0.384 e. The van der Waals surface area contributed by atoms with Gasteiger partial charge in [-0.25, -0.2) is 0 Å². The lowest BCUT2D eigenvalue weighted by atomic mass is 9.87. The fourth-order valence-electron chi connectivity index (χ4n) is 2.61. The maximum atomic E-state index is 10.1. The molecule has 1 aromatic carbocycles. The molecule has 0 fully saturated rings. The molecule has 86 valence electrons. The van der Waals surface area contributed by atoms with Crippen LogP contribution in [0, 0.1) is 0 Å². The molecule has 0 saturated carbocycles. The van der Waals surface area contributed by atoms with E-state index >= 15 is 0 Å². The number of fused-ring (bicyclic) bond motifs is 1. The van der Waals surface area contributed by atoms with Crippen molar-refractivity contribution in [2.45, 2.75) is 25.4 Å². The van der Waals surface area contributed by atoms with Gasteiger partial charge in [0.2, 0.25) is 0 Å². The molecular weight excluding hydrogens is 208 g/mol. The number of aliphatic hydroxyl groups is 1. The predicted molar refractivity (Wildman–Crippen MR) is 69.6 cm³/mol. The first-order chi connectivity index (χ1) is 8.34. The van der Waals surface area contributed by atoms with Crippen LogP contribution in [0.2, 0.25) is 0 Å². The topological polar surface area (TPSA) is 20.2 Å². The zero-order chi connectivity index (χ0) is 11.7. The van der Waals surface area contributed by atoms with Crippen molar-refractivity contribution in [1.29, 1.82) is 0 Å². The Balaban J connectivity index is 2.10. The summed E-state index contributed by atoms with van der Waals surface area (Å²) in [5.41, 5.74) is 5.07. The highest BCUT2D eigenvalue weighted by atomic mass is 16.3. The molecule has 1 unspecified atom stereocenters. The molecule has 0 spiro atoms. The molecule has 0 aromatic heterocycles. The van der Waals surface area contributed by atoms with Crippen LogP contribution in [0.15, 0.2) is 59.7 Å². The molecule has 0 saturated heterocycles. The monoisotopic (exact) mass is 224 g/mol. The molecule has 0 aliphatic heterocycles. The highest BCUT2D eigenvalue weighted by molar-refractivity contribution is 5.45. The number of allylic oxidation sites excluding steroid dienone is 5. The summed E-state index contributed by atoms with van der Waals surface area (Å²) in [5.74, 6) is 0. The Morgan fingerprint density at radius 2 is 2.00 bits per heavy atom. The summed E-state index contributed by atoms with van der Waals surface area (Å²) in [4.78, 5) is 0. The SMILES string of the molecule is OC1/C=C\C2=C(CCC=C2)Cc2ccccc21.